The number of carbonyl (C=O) groups excluding carboxylic acids is 1. The van der Waals surface area contributed by atoms with Crippen molar-refractivity contribution in [2.45, 2.75) is 30.1 Å². The minimum absolute atomic E-state index is 0.142. The second-order valence-corrected chi connectivity index (χ2v) is 11.6. The number of aromatic nitrogens is 4. The van der Waals surface area contributed by atoms with E-state index >= 15 is 0 Å². The standard InChI is InChI=1S/C25H23Cl2N5OS3/c1-3-11-32-21(14-34-13-17-9-10-19(26)20(27)12-17)30-31-25(32)35-15-22(33)28-24-29-23(16(2)36-24)18-7-5-4-6-8-18/h3-10,12H,1,11,13-15H2,2H3,(H,28,29,33). The molecule has 0 saturated heterocycles. The number of aryl methyl sites for hydroxylation is 1. The first-order valence-electron chi connectivity index (χ1n) is 10.9. The summed E-state index contributed by atoms with van der Waals surface area (Å²) in [4.78, 5) is 18.3. The monoisotopic (exact) mass is 575 g/mol. The number of hydrogen-bond donors (Lipinski definition) is 1. The van der Waals surface area contributed by atoms with Crippen molar-refractivity contribution >= 4 is 69.1 Å². The number of hydrogen-bond acceptors (Lipinski definition) is 7. The molecule has 0 bridgehead atoms. The molecule has 6 nitrogen and oxygen atoms in total. The van der Waals surface area contributed by atoms with Crippen molar-refractivity contribution in [3.8, 4) is 11.3 Å². The summed E-state index contributed by atoms with van der Waals surface area (Å²) in [7, 11) is 0. The molecular weight excluding hydrogens is 553 g/mol. The Bertz CT molecular complexity index is 1360. The molecule has 0 unspecified atom stereocenters. The maximum atomic E-state index is 12.6. The average molecular weight is 577 g/mol. The molecule has 4 rings (SSSR count). The summed E-state index contributed by atoms with van der Waals surface area (Å²) >= 11 is 16.6. The van der Waals surface area contributed by atoms with Crippen molar-refractivity contribution in [1.82, 2.24) is 19.7 Å². The number of halogens is 2. The van der Waals surface area contributed by atoms with Crippen LogP contribution in [0.5, 0.6) is 0 Å². The van der Waals surface area contributed by atoms with Crippen LogP contribution in [-0.2, 0) is 22.8 Å². The molecule has 2 aromatic heterocycles. The molecule has 1 N–H and O–H groups in total. The van der Waals surface area contributed by atoms with Gasteiger partial charge in [0.2, 0.25) is 5.91 Å². The molecule has 1 amide bonds. The van der Waals surface area contributed by atoms with E-state index in [1.54, 1.807) is 23.9 Å². The third-order valence-electron chi connectivity index (χ3n) is 5.01. The molecule has 0 aliphatic carbocycles. The van der Waals surface area contributed by atoms with Crippen LogP contribution in [0.2, 0.25) is 10.0 Å². The van der Waals surface area contributed by atoms with Crippen LogP contribution < -0.4 is 5.32 Å². The van der Waals surface area contributed by atoms with Gasteiger partial charge in [-0.15, -0.1) is 39.9 Å². The smallest absolute Gasteiger partial charge is 0.236 e. The number of allylic oxidation sites excluding steroid dienone is 1. The number of amides is 1. The maximum absolute atomic E-state index is 12.6. The van der Waals surface area contributed by atoms with Crippen molar-refractivity contribution in [3.05, 3.63) is 87.5 Å². The minimum Gasteiger partial charge on any atom is -0.301 e. The molecule has 0 radical (unpaired) electrons. The number of thiazole rings is 1. The van der Waals surface area contributed by atoms with E-state index in [0.717, 1.165) is 33.3 Å². The second-order valence-electron chi connectivity index (χ2n) is 7.67. The number of rotatable bonds is 11. The molecular formula is C25H23Cl2N5OS3. The van der Waals surface area contributed by atoms with E-state index in [-0.39, 0.29) is 11.7 Å². The largest absolute Gasteiger partial charge is 0.301 e. The summed E-state index contributed by atoms with van der Waals surface area (Å²) in [5.41, 5.74) is 3.00. The summed E-state index contributed by atoms with van der Waals surface area (Å²) in [6.45, 7) is 6.41. The molecule has 0 spiro atoms. The zero-order chi connectivity index (χ0) is 25.5. The Balaban J connectivity index is 1.33. The van der Waals surface area contributed by atoms with E-state index in [2.05, 4.69) is 27.1 Å². The number of nitrogens with zero attached hydrogens (tertiary/aromatic N) is 4. The first-order chi connectivity index (χ1) is 17.4. The van der Waals surface area contributed by atoms with Gasteiger partial charge in [0.1, 0.15) is 5.82 Å². The lowest BCUT2D eigenvalue weighted by atomic mass is 10.1. The van der Waals surface area contributed by atoms with Crippen LogP contribution in [0.4, 0.5) is 5.13 Å². The Morgan fingerprint density at radius 1 is 1.14 bits per heavy atom. The van der Waals surface area contributed by atoms with Crippen molar-refractivity contribution < 1.29 is 4.79 Å². The van der Waals surface area contributed by atoms with E-state index < -0.39 is 0 Å². The highest BCUT2D eigenvalue weighted by Gasteiger charge is 2.16. The third-order valence-corrected chi connectivity index (χ3v) is 8.60. The molecule has 186 valence electrons. The molecule has 0 aliphatic rings. The summed E-state index contributed by atoms with van der Waals surface area (Å²) in [6.07, 6.45) is 1.80. The van der Waals surface area contributed by atoms with Gasteiger partial charge in [0.05, 0.1) is 27.2 Å². The highest BCUT2D eigenvalue weighted by atomic mass is 35.5. The van der Waals surface area contributed by atoms with E-state index in [1.807, 2.05) is 54.0 Å². The lowest BCUT2D eigenvalue weighted by molar-refractivity contribution is -0.113. The zero-order valence-electron chi connectivity index (χ0n) is 19.4. The fourth-order valence-electron chi connectivity index (χ4n) is 3.33. The molecule has 0 saturated carbocycles. The average Bonchev–Trinajstić information content (AvgIpc) is 3.43. The number of benzene rings is 2. The first-order valence-corrected chi connectivity index (χ1v) is 14.7. The van der Waals surface area contributed by atoms with Crippen molar-refractivity contribution in [2.75, 3.05) is 11.1 Å². The SMILES string of the molecule is C=CCn1c(CSCc2ccc(Cl)c(Cl)c2)nnc1SCC(=O)Nc1nc(-c2ccccc2)c(C)s1. The normalized spacial score (nSPS) is 11.0. The van der Waals surface area contributed by atoms with Gasteiger partial charge in [-0.05, 0) is 24.6 Å². The summed E-state index contributed by atoms with van der Waals surface area (Å²) < 4.78 is 1.98. The van der Waals surface area contributed by atoms with Gasteiger partial charge in [-0.2, -0.15) is 0 Å². The van der Waals surface area contributed by atoms with Gasteiger partial charge >= 0.3 is 0 Å². The number of carbonyl (C=O) groups is 1. The molecule has 0 fully saturated rings. The van der Waals surface area contributed by atoms with Crippen molar-refractivity contribution in [3.63, 3.8) is 0 Å². The van der Waals surface area contributed by atoms with Gasteiger partial charge in [0, 0.05) is 22.7 Å². The molecule has 0 atom stereocenters. The molecule has 2 aromatic carbocycles. The highest BCUT2D eigenvalue weighted by Crippen LogP contribution is 2.31. The first kappa shape index (κ1) is 26.8. The van der Waals surface area contributed by atoms with Gasteiger partial charge < -0.3 is 9.88 Å². The Morgan fingerprint density at radius 3 is 2.69 bits per heavy atom. The van der Waals surface area contributed by atoms with Gasteiger partial charge in [-0.3, -0.25) is 4.79 Å². The van der Waals surface area contributed by atoms with Crippen LogP contribution in [0, 0.1) is 6.92 Å². The van der Waals surface area contributed by atoms with Crippen LogP contribution in [0.3, 0.4) is 0 Å². The van der Waals surface area contributed by atoms with Gasteiger partial charge in [0.15, 0.2) is 10.3 Å². The summed E-state index contributed by atoms with van der Waals surface area (Å²) in [5.74, 6) is 2.31. The predicted molar refractivity (Wildman–Crippen MR) is 153 cm³/mol. The van der Waals surface area contributed by atoms with Gasteiger partial charge in [-0.25, -0.2) is 4.98 Å². The fraction of sp³-hybridized carbons (Fsp3) is 0.200. The third kappa shape index (κ3) is 6.92. The number of anilines is 1. The van der Waals surface area contributed by atoms with Crippen LogP contribution in [0.15, 0.2) is 66.3 Å². The van der Waals surface area contributed by atoms with Crippen molar-refractivity contribution in [1.29, 1.82) is 0 Å². The van der Waals surface area contributed by atoms with E-state index in [4.69, 9.17) is 23.2 Å². The molecule has 2 heterocycles. The summed E-state index contributed by atoms with van der Waals surface area (Å²) in [6, 6.07) is 15.6. The number of thioether (sulfide) groups is 2. The summed E-state index contributed by atoms with van der Waals surface area (Å²) in [5, 5.41) is 13.9. The predicted octanol–water partition coefficient (Wildman–Crippen LogP) is 7.37. The van der Waals surface area contributed by atoms with Gasteiger partial charge in [0.25, 0.3) is 0 Å². The Labute approximate surface area is 232 Å². The van der Waals surface area contributed by atoms with Crippen molar-refractivity contribution in [2.24, 2.45) is 0 Å². The molecule has 11 heteroatoms. The van der Waals surface area contributed by atoms with E-state index in [0.29, 0.717) is 32.6 Å². The lowest BCUT2D eigenvalue weighted by Gasteiger charge is -2.08. The van der Waals surface area contributed by atoms with Crippen LogP contribution in [0.1, 0.15) is 16.3 Å². The van der Waals surface area contributed by atoms with E-state index in [1.165, 1.54) is 23.1 Å². The quantitative estimate of drug-likeness (QED) is 0.149. The van der Waals surface area contributed by atoms with Gasteiger partial charge in [-0.1, -0.05) is 77.4 Å². The molecule has 36 heavy (non-hydrogen) atoms. The topological polar surface area (TPSA) is 72.7 Å². The minimum atomic E-state index is -0.142. The Morgan fingerprint density at radius 2 is 1.94 bits per heavy atom. The highest BCUT2D eigenvalue weighted by molar-refractivity contribution is 7.99. The van der Waals surface area contributed by atoms with Crippen LogP contribution in [-0.4, -0.2) is 31.4 Å². The van der Waals surface area contributed by atoms with E-state index in [9.17, 15) is 4.79 Å². The van der Waals surface area contributed by atoms with Crippen LogP contribution in [0.25, 0.3) is 11.3 Å². The fourth-order valence-corrected chi connectivity index (χ4v) is 6.19. The Hall–Kier alpha value is -2.30. The maximum Gasteiger partial charge on any atom is 0.236 e. The molecule has 0 aliphatic heterocycles. The lowest BCUT2D eigenvalue weighted by Crippen LogP contribution is -2.14. The second kappa shape index (κ2) is 12.8. The zero-order valence-corrected chi connectivity index (χ0v) is 23.4. The van der Waals surface area contributed by atoms with Crippen LogP contribution >= 0.6 is 58.1 Å². The number of nitrogens with one attached hydrogen (secondary N) is 1. The molecule has 4 aromatic rings. The Kier molecular flexibility index (Phi) is 9.50.